The molecule has 134 valence electrons. The average molecular weight is 381 g/mol. The molecule has 0 spiro atoms. The number of hydrogen-bond acceptors (Lipinski definition) is 4. The van der Waals surface area contributed by atoms with Gasteiger partial charge in [-0.05, 0) is 36.4 Å². The van der Waals surface area contributed by atoms with E-state index in [4.69, 9.17) is 22.6 Å². The van der Waals surface area contributed by atoms with Crippen LogP contribution in [0.2, 0.25) is 5.02 Å². The minimum absolute atomic E-state index is 0.0866. The number of hydrogen-bond donors (Lipinski definition) is 3. The van der Waals surface area contributed by atoms with Crippen molar-refractivity contribution in [2.24, 2.45) is 0 Å². The lowest BCUT2D eigenvalue weighted by Crippen LogP contribution is -2.15. The number of rotatable bonds is 4. The molecular weight excluding hydrogens is 369 g/mol. The molecule has 4 N–H and O–H groups in total. The number of nitrogens with zero attached hydrogens (tertiary/aromatic N) is 1. The van der Waals surface area contributed by atoms with Crippen LogP contribution in [0.15, 0.2) is 54.2 Å². The van der Waals surface area contributed by atoms with Crippen LogP contribution in [0.3, 0.4) is 0 Å². The van der Waals surface area contributed by atoms with Gasteiger partial charge >= 0.3 is 6.18 Å². The van der Waals surface area contributed by atoms with Crippen molar-refractivity contribution < 1.29 is 18.0 Å². The third kappa shape index (κ3) is 4.91. The van der Waals surface area contributed by atoms with Crippen molar-refractivity contribution in [2.45, 2.75) is 6.18 Å². The Morgan fingerprint density at radius 1 is 1.23 bits per heavy atom. The van der Waals surface area contributed by atoms with Gasteiger partial charge in [-0.1, -0.05) is 17.7 Å². The first-order chi connectivity index (χ1) is 12.2. The number of nitriles is 1. The van der Waals surface area contributed by atoms with E-state index in [0.717, 1.165) is 24.4 Å². The Kier molecular flexibility index (Phi) is 5.75. The molecule has 0 saturated heterocycles. The number of anilines is 3. The fraction of sp³-hybridized carbons (Fsp3) is 0.0588. The number of nitrogens with one attached hydrogen (secondary N) is 2. The lowest BCUT2D eigenvalue weighted by molar-refractivity contribution is -0.137. The lowest BCUT2D eigenvalue weighted by atomic mass is 10.2. The molecule has 0 aromatic heterocycles. The monoisotopic (exact) mass is 380 g/mol. The molecule has 0 aliphatic rings. The number of halogens is 4. The lowest BCUT2D eigenvalue weighted by Gasteiger charge is -2.10. The molecule has 5 nitrogen and oxygen atoms in total. The molecule has 0 heterocycles. The van der Waals surface area contributed by atoms with E-state index >= 15 is 0 Å². The minimum Gasteiger partial charge on any atom is -0.399 e. The summed E-state index contributed by atoms with van der Waals surface area (Å²) in [5, 5.41) is 14.3. The van der Waals surface area contributed by atoms with Crippen LogP contribution in [0.1, 0.15) is 5.56 Å². The number of nitrogens with two attached hydrogens (primary N) is 1. The van der Waals surface area contributed by atoms with Gasteiger partial charge in [0.15, 0.2) is 0 Å². The number of nitrogen functional groups attached to an aromatic ring is 1. The van der Waals surface area contributed by atoms with Crippen LogP contribution >= 0.6 is 11.6 Å². The predicted octanol–water partition coefficient (Wildman–Crippen LogP) is 4.40. The number of benzene rings is 2. The highest BCUT2D eigenvalue weighted by Crippen LogP contribution is 2.30. The van der Waals surface area contributed by atoms with Gasteiger partial charge in [0.1, 0.15) is 11.6 Å². The Morgan fingerprint density at radius 2 is 1.96 bits per heavy atom. The molecule has 0 saturated carbocycles. The maximum absolute atomic E-state index is 12.7. The first-order valence-electron chi connectivity index (χ1n) is 7.11. The Labute approximate surface area is 151 Å². The van der Waals surface area contributed by atoms with E-state index in [0.29, 0.717) is 11.4 Å². The summed E-state index contributed by atoms with van der Waals surface area (Å²) in [5.74, 6) is -0.870. The Hall–Kier alpha value is -3.18. The smallest absolute Gasteiger partial charge is 0.399 e. The van der Waals surface area contributed by atoms with Gasteiger partial charge in [-0.15, -0.1) is 0 Å². The maximum atomic E-state index is 12.7. The molecule has 0 radical (unpaired) electrons. The quantitative estimate of drug-likeness (QED) is 0.416. The van der Waals surface area contributed by atoms with Gasteiger partial charge < -0.3 is 16.4 Å². The third-order valence-corrected chi connectivity index (χ3v) is 3.49. The van der Waals surface area contributed by atoms with Gasteiger partial charge in [0, 0.05) is 17.6 Å². The van der Waals surface area contributed by atoms with Gasteiger partial charge in [-0.3, -0.25) is 4.79 Å². The second kappa shape index (κ2) is 7.80. The van der Waals surface area contributed by atoms with Crippen LogP contribution in [0.25, 0.3) is 0 Å². The van der Waals surface area contributed by atoms with E-state index in [9.17, 15) is 18.0 Å². The summed E-state index contributed by atoms with van der Waals surface area (Å²) >= 11 is 5.96. The number of amides is 1. The molecule has 0 fully saturated rings. The van der Waals surface area contributed by atoms with Crippen molar-refractivity contribution >= 4 is 34.6 Å². The summed E-state index contributed by atoms with van der Waals surface area (Å²) in [6.45, 7) is 0. The van der Waals surface area contributed by atoms with Gasteiger partial charge in [-0.2, -0.15) is 18.4 Å². The summed E-state index contributed by atoms with van der Waals surface area (Å²) in [6.07, 6.45) is -3.44. The molecule has 9 heteroatoms. The van der Waals surface area contributed by atoms with Crippen LogP contribution < -0.4 is 16.4 Å². The zero-order chi connectivity index (χ0) is 19.3. The van der Waals surface area contributed by atoms with Gasteiger partial charge in [0.25, 0.3) is 5.91 Å². The maximum Gasteiger partial charge on any atom is 0.416 e. The first kappa shape index (κ1) is 19.1. The van der Waals surface area contributed by atoms with Crippen LogP contribution in [-0.2, 0) is 11.0 Å². The fourth-order valence-electron chi connectivity index (χ4n) is 1.92. The zero-order valence-electron chi connectivity index (χ0n) is 13.1. The topological polar surface area (TPSA) is 90.9 Å². The zero-order valence-corrected chi connectivity index (χ0v) is 13.8. The van der Waals surface area contributed by atoms with Crippen LogP contribution in [0, 0.1) is 11.3 Å². The molecule has 26 heavy (non-hydrogen) atoms. The fourth-order valence-corrected chi connectivity index (χ4v) is 2.16. The predicted molar refractivity (Wildman–Crippen MR) is 93.3 cm³/mol. The highest BCUT2D eigenvalue weighted by molar-refractivity contribution is 6.33. The number of carbonyl (C=O) groups is 1. The van der Waals surface area contributed by atoms with Gasteiger partial charge in [0.05, 0.1) is 16.3 Å². The second-order valence-corrected chi connectivity index (χ2v) is 5.49. The Balaban J connectivity index is 2.15. The van der Waals surface area contributed by atoms with E-state index < -0.39 is 17.6 Å². The summed E-state index contributed by atoms with van der Waals surface area (Å²) in [5.41, 5.74) is 5.05. The van der Waals surface area contributed by atoms with Crippen molar-refractivity contribution in [3.8, 4) is 6.07 Å². The summed E-state index contributed by atoms with van der Waals surface area (Å²) in [4.78, 5) is 12.1. The highest BCUT2D eigenvalue weighted by Gasteiger charge is 2.30. The van der Waals surface area contributed by atoms with E-state index in [1.165, 1.54) is 12.1 Å². The largest absolute Gasteiger partial charge is 0.416 e. The second-order valence-electron chi connectivity index (χ2n) is 5.09. The highest BCUT2D eigenvalue weighted by atomic mass is 35.5. The molecule has 2 aromatic rings. The molecule has 2 aromatic carbocycles. The molecule has 1 amide bonds. The number of carbonyl (C=O) groups excluding carboxylic acids is 1. The van der Waals surface area contributed by atoms with E-state index in [-0.39, 0.29) is 16.3 Å². The van der Waals surface area contributed by atoms with E-state index in [1.54, 1.807) is 18.2 Å². The summed E-state index contributed by atoms with van der Waals surface area (Å²) in [6, 6.07) is 10.3. The number of alkyl halides is 3. The van der Waals surface area contributed by atoms with Crippen LogP contribution in [-0.4, -0.2) is 5.91 Å². The molecule has 0 aliphatic carbocycles. The standard InChI is InChI=1S/C17H12ClF3N4O/c18-14-7-12(23)4-5-15(14)24-9-10(8-22)16(26)25-13-3-1-2-11(6-13)17(19,20)21/h1-7,9,24H,23H2,(H,25,26)/b10-9-. The summed E-state index contributed by atoms with van der Waals surface area (Å²) in [7, 11) is 0. The van der Waals surface area contributed by atoms with E-state index in [2.05, 4.69) is 10.6 Å². The minimum atomic E-state index is -4.54. The normalized spacial score (nSPS) is 11.6. The SMILES string of the molecule is N#C/C(=C/Nc1ccc(N)cc1Cl)C(=O)Nc1cccc(C(F)(F)F)c1. The molecular formula is C17H12ClF3N4O. The van der Waals surface area contributed by atoms with Crippen molar-refractivity contribution in [1.29, 1.82) is 5.26 Å². The molecule has 0 aliphatic heterocycles. The van der Waals surface area contributed by atoms with Crippen molar-refractivity contribution in [1.82, 2.24) is 0 Å². The average Bonchev–Trinajstić information content (AvgIpc) is 2.56. The van der Waals surface area contributed by atoms with Crippen molar-refractivity contribution in [3.05, 3.63) is 64.8 Å². The Morgan fingerprint density at radius 3 is 2.58 bits per heavy atom. The Bertz CT molecular complexity index is 904. The van der Waals surface area contributed by atoms with Crippen molar-refractivity contribution in [3.63, 3.8) is 0 Å². The van der Waals surface area contributed by atoms with Crippen LogP contribution in [0.5, 0.6) is 0 Å². The molecule has 0 bridgehead atoms. The van der Waals surface area contributed by atoms with Gasteiger partial charge in [-0.25, -0.2) is 0 Å². The third-order valence-electron chi connectivity index (χ3n) is 3.18. The van der Waals surface area contributed by atoms with Crippen LogP contribution in [0.4, 0.5) is 30.2 Å². The summed E-state index contributed by atoms with van der Waals surface area (Å²) < 4.78 is 38.1. The van der Waals surface area contributed by atoms with E-state index in [1.807, 2.05) is 0 Å². The van der Waals surface area contributed by atoms with Gasteiger partial charge in [0.2, 0.25) is 0 Å². The molecule has 0 unspecified atom stereocenters. The first-order valence-corrected chi connectivity index (χ1v) is 7.49. The molecule has 0 atom stereocenters. The van der Waals surface area contributed by atoms with Crippen molar-refractivity contribution in [2.75, 3.05) is 16.4 Å². The molecule has 2 rings (SSSR count).